The van der Waals surface area contributed by atoms with Crippen molar-refractivity contribution in [3.8, 4) is 0 Å². The predicted molar refractivity (Wildman–Crippen MR) is 84.7 cm³/mol. The number of nitrogens with zero attached hydrogens (tertiary/aromatic N) is 2. The molecule has 3 heteroatoms. The van der Waals surface area contributed by atoms with Gasteiger partial charge < -0.3 is 4.90 Å². The summed E-state index contributed by atoms with van der Waals surface area (Å²) in [6.45, 7) is 8.44. The molecule has 0 radical (unpaired) electrons. The lowest BCUT2D eigenvalue weighted by molar-refractivity contribution is 0.176. The zero-order chi connectivity index (χ0) is 13.4. The average Bonchev–Trinajstić information content (AvgIpc) is 2.84. The van der Waals surface area contributed by atoms with Gasteiger partial charge in [0.15, 0.2) is 0 Å². The molecule has 1 aromatic carbocycles. The molecule has 0 aliphatic carbocycles. The SMILES string of the molecule is CC(C)C1CN2CCCC2CN1c1cccc(Br)c1. The van der Waals surface area contributed by atoms with Crippen molar-refractivity contribution in [2.24, 2.45) is 5.92 Å². The van der Waals surface area contributed by atoms with E-state index in [1.54, 1.807) is 0 Å². The Morgan fingerprint density at radius 2 is 2.11 bits per heavy atom. The lowest BCUT2D eigenvalue weighted by Crippen LogP contribution is -2.58. The summed E-state index contributed by atoms with van der Waals surface area (Å²) in [6, 6.07) is 10.2. The highest BCUT2D eigenvalue weighted by atomic mass is 79.9. The predicted octanol–water partition coefficient (Wildman–Crippen LogP) is 3.76. The number of hydrogen-bond donors (Lipinski definition) is 0. The fourth-order valence-electron chi connectivity index (χ4n) is 3.57. The van der Waals surface area contributed by atoms with Crippen LogP contribution in [0.15, 0.2) is 28.7 Å². The molecule has 3 rings (SSSR count). The molecular formula is C16H23BrN2. The monoisotopic (exact) mass is 322 g/mol. The van der Waals surface area contributed by atoms with Crippen molar-refractivity contribution in [3.63, 3.8) is 0 Å². The third-order valence-electron chi connectivity index (χ3n) is 4.64. The molecule has 2 atom stereocenters. The van der Waals surface area contributed by atoms with Crippen molar-refractivity contribution in [3.05, 3.63) is 28.7 Å². The molecule has 0 saturated carbocycles. The third-order valence-corrected chi connectivity index (χ3v) is 5.13. The molecule has 2 saturated heterocycles. The Morgan fingerprint density at radius 3 is 2.84 bits per heavy atom. The van der Waals surface area contributed by atoms with Crippen LogP contribution in [0.2, 0.25) is 0 Å². The van der Waals surface area contributed by atoms with Crippen molar-refractivity contribution in [2.75, 3.05) is 24.5 Å². The molecule has 0 aromatic heterocycles. The van der Waals surface area contributed by atoms with Crippen LogP contribution < -0.4 is 4.90 Å². The number of rotatable bonds is 2. The second-order valence-electron chi connectivity index (χ2n) is 6.23. The molecule has 0 amide bonds. The smallest absolute Gasteiger partial charge is 0.0440 e. The summed E-state index contributed by atoms with van der Waals surface area (Å²) in [7, 11) is 0. The standard InChI is InChI=1S/C16H23BrN2/c1-12(2)16-11-18-8-4-7-15(18)10-19(16)14-6-3-5-13(17)9-14/h3,5-6,9,12,15-16H,4,7-8,10-11H2,1-2H3. The molecule has 1 aromatic rings. The summed E-state index contributed by atoms with van der Waals surface area (Å²) in [5, 5.41) is 0. The van der Waals surface area contributed by atoms with E-state index in [2.05, 4.69) is 63.8 Å². The molecule has 0 bridgehead atoms. The van der Waals surface area contributed by atoms with Crippen molar-refractivity contribution in [1.82, 2.24) is 4.90 Å². The summed E-state index contributed by atoms with van der Waals surface area (Å²) in [4.78, 5) is 5.35. The lowest BCUT2D eigenvalue weighted by Gasteiger charge is -2.47. The lowest BCUT2D eigenvalue weighted by atomic mass is 9.96. The number of fused-ring (bicyclic) bond motifs is 1. The Morgan fingerprint density at radius 1 is 1.26 bits per heavy atom. The second kappa shape index (κ2) is 5.45. The maximum Gasteiger partial charge on any atom is 0.0440 e. The molecule has 2 heterocycles. The quantitative estimate of drug-likeness (QED) is 0.818. The molecule has 2 fully saturated rings. The summed E-state index contributed by atoms with van der Waals surface area (Å²) >= 11 is 3.61. The highest BCUT2D eigenvalue weighted by Crippen LogP contribution is 2.32. The first-order chi connectivity index (χ1) is 9.15. The normalized spacial score (nSPS) is 27.9. The van der Waals surface area contributed by atoms with Gasteiger partial charge in [0.25, 0.3) is 0 Å². The van der Waals surface area contributed by atoms with E-state index in [9.17, 15) is 0 Å². The number of anilines is 1. The van der Waals surface area contributed by atoms with E-state index in [0.717, 1.165) is 6.04 Å². The second-order valence-corrected chi connectivity index (χ2v) is 7.15. The number of piperazine rings is 1. The average molecular weight is 323 g/mol. The van der Waals surface area contributed by atoms with Crippen LogP contribution >= 0.6 is 15.9 Å². The summed E-state index contributed by atoms with van der Waals surface area (Å²) in [5.41, 5.74) is 1.37. The highest BCUT2D eigenvalue weighted by molar-refractivity contribution is 9.10. The molecule has 0 N–H and O–H groups in total. The first kappa shape index (κ1) is 13.4. The van der Waals surface area contributed by atoms with E-state index < -0.39 is 0 Å². The van der Waals surface area contributed by atoms with E-state index in [1.165, 1.54) is 42.6 Å². The zero-order valence-electron chi connectivity index (χ0n) is 11.8. The van der Waals surface area contributed by atoms with Crippen molar-refractivity contribution in [1.29, 1.82) is 0 Å². The van der Waals surface area contributed by atoms with Gasteiger partial charge in [0.05, 0.1) is 0 Å². The third kappa shape index (κ3) is 2.68. The van der Waals surface area contributed by atoms with Gasteiger partial charge in [0, 0.05) is 35.3 Å². The van der Waals surface area contributed by atoms with Crippen molar-refractivity contribution >= 4 is 21.6 Å². The first-order valence-corrected chi connectivity index (χ1v) is 8.20. The Hall–Kier alpha value is -0.540. The van der Waals surface area contributed by atoms with E-state index in [1.807, 2.05) is 0 Å². The molecule has 2 aliphatic heterocycles. The van der Waals surface area contributed by atoms with Crippen LogP contribution in [0.5, 0.6) is 0 Å². The largest absolute Gasteiger partial charge is 0.365 e. The van der Waals surface area contributed by atoms with Crippen LogP contribution in [0, 0.1) is 5.92 Å². The van der Waals surface area contributed by atoms with E-state index >= 15 is 0 Å². The van der Waals surface area contributed by atoms with Crippen LogP contribution in [0.3, 0.4) is 0 Å². The topological polar surface area (TPSA) is 6.48 Å². The molecule has 2 nitrogen and oxygen atoms in total. The zero-order valence-corrected chi connectivity index (χ0v) is 13.4. The fourth-order valence-corrected chi connectivity index (χ4v) is 3.95. The molecule has 104 valence electrons. The summed E-state index contributed by atoms with van der Waals surface area (Å²) < 4.78 is 1.18. The fraction of sp³-hybridized carbons (Fsp3) is 0.625. The minimum atomic E-state index is 0.642. The maximum absolute atomic E-state index is 3.61. The van der Waals surface area contributed by atoms with Crippen molar-refractivity contribution in [2.45, 2.75) is 38.8 Å². The highest BCUT2D eigenvalue weighted by Gasteiger charge is 2.37. The van der Waals surface area contributed by atoms with E-state index in [4.69, 9.17) is 0 Å². The number of hydrogen-bond acceptors (Lipinski definition) is 2. The maximum atomic E-state index is 3.61. The van der Waals surface area contributed by atoms with Gasteiger partial charge in [-0.3, -0.25) is 4.90 Å². The van der Waals surface area contributed by atoms with Crippen LogP contribution in [-0.4, -0.2) is 36.6 Å². The minimum absolute atomic E-state index is 0.642. The van der Waals surface area contributed by atoms with Gasteiger partial charge in [0.2, 0.25) is 0 Å². The van der Waals surface area contributed by atoms with Crippen LogP contribution in [0.1, 0.15) is 26.7 Å². The van der Waals surface area contributed by atoms with Gasteiger partial charge in [-0.25, -0.2) is 0 Å². The molecule has 0 spiro atoms. The molecule has 19 heavy (non-hydrogen) atoms. The molecule has 2 unspecified atom stereocenters. The van der Waals surface area contributed by atoms with Gasteiger partial charge in [-0.15, -0.1) is 0 Å². The van der Waals surface area contributed by atoms with Crippen LogP contribution in [0.4, 0.5) is 5.69 Å². The Balaban J connectivity index is 1.88. The van der Waals surface area contributed by atoms with Gasteiger partial charge in [-0.05, 0) is 43.5 Å². The van der Waals surface area contributed by atoms with E-state index in [0.29, 0.717) is 12.0 Å². The van der Waals surface area contributed by atoms with Gasteiger partial charge in [-0.1, -0.05) is 35.8 Å². The Bertz CT molecular complexity index is 446. The van der Waals surface area contributed by atoms with Crippen molar-refractivity contribution < 1.29 is 0 Å². The molecule has 2 aliphatic rings. The van der Waals surface area contributed by atoms with Crippen LogP contribution in [-0.2, 0) is 0 Å². The molecular weight excluding hydrogens is 300 g/mol. The Labute approximate surface area is 124 Å². The van der Waals surface area contributed by atoms with Crippen LogP contribution in [0.25, 0.3) is 0 Å². The van der Waals surface area contributed by atoms with Gasteiger partial charge >= 0.3 is 0 Å². The first-order valence-electron chi connectivity index (χ1n) is 7.41. The van der Waals surface area contributed by atoms with Gasteiger partial charge in [-0.2, -0.15) is 0 Å². The Kier molecular flexibility index (Phi) is 3.86. The number of benzene rings is 1. The van der Waals surface area contributed by atoms with E-state index in [-0.39, 0.29) is 0 Å². The summed E-state index contributed by atoms with van der Waals surface area (Å²) in [6.07, 6.45) is 2.75. The minimum Gasteiger partial charge on any atom is -0.365 e. The number of halogens is 1. The van der Waals surface area contributed by atoms with Gasteiger partial charge in [0.1, 0.15) is 0 Å². The summed E-state index contributed by atoms with van der Waals surface area (Å²) in [5.74, 6) is 0.695.